The molecule has 3 aliphatic rings. The molecule has 1 aromatic carbocycles. The van der Waals surface area contributed by atoms with Crippen LogP contribution in [0.25, 0.3) is 0 Å². The zero-order valence-corrected chi connectivity index (χ0v) is 17.9. The Morgan fingerprint density at radius 3 is 2.73 bits per heavy atom. The molecular weight excluding hydrogens is 445 g/mol. The first-order chi connectivity index (χ1) is 15.7. The van der Waals surface area contributed by atoms with Gasteiger partial charge >= 0.3 is 6.18 Å². The summed E-state index contributed by atoms with van der Waals surface area (Å²) in [6, 6.07) is 5.35. The molecule has 2 bridgehead atoms. The second-order valence-electron chi connectivity index (χ2n) is 8.61. The number of carbonyl (C=O) groups is 2. The van der Waals surface area contributed by atoms with Gasteiger partial charge in [-0.1, -0.05) is 0 Å². The van der Waals surface area contributed by atoms with E-state index < -0.39 is 49.3 Å². The molecule has 2 amide bonds. The second-order valence-corrected chi connectivity index (χ2v) is 8.61. The number of hydrogen-bond donors (Lipinski definition) is 3. The molecule has 0 saturated carbocycles. The average molecular weight is 472 g/mol. The molecule has 2 fully saturated rings. The van der Waals surface area contributed by atoms with Crippen molar-refractivity contribution in [2.45, 2.75) is 56.1 Å². The van der Waals surface area contributed by atoms with Crippen molar-refractivity contribution in [2.24, 2.45) is 5.92 Å². The fourth-order valence-electron chi connectivity index (χ4n) is 4.74. The van der Waals surface area contributed by atoms with Crippen LogP contribution in [-0.4, -0.2) is 67.8 Å². The molecule has 0 unspecified atom stereocenters. The summed E-state index contributed by atoms with van der Waals surface area (Å²) in [5.74, 6) is -1.69. The van der Waals surface area contributed by atoms with E-state index in [1.54, 1.807) is 12.1 Å². The van der Waals surface area contributed by atoms with Crippen molar-refractivity contribution in [3.05, 3.63) is 23.8 Å². The van der Waals surface area contributed by atoms with E-state index >= 15 is 0 Å². The van der Waals surface area contributed by atoms with Gasteiger partial charge in [-0.15, -0.1) is 0 Å². The van der Waals surface area contributed by atoms with Gasteiger partial charge in [-0.3, -0.25) is 9.59 Å². The molecule has 3 aliphatic heterocycles. The molecular formula is C22H27F3N2O6. The zero-order chi connectivity index (χ0) is 23.6. The van der Waals surface area contributed by atoms with Crippen LogP contribution in [0.4, 0.5) is 18.9 Å². The minimum atomic E-state index is -4.52. The van der Waals surface area contributed by atoms with E-state index in [2.05, 4.69) is 5.32 Å². The number of rotatable bonds is 6. The minimum Gasteiger partial charge on any atom is -0.490 e. The molecule has 0 aliphatic carbocycles. The number of anilines is 1. The van der Waals surface area contributed by atoms with Gasteiger partial charge in [0, 0.05) is 30.0 Å². The third kappa shape index (κ3) is 5.77. The van der Waals surface area contributed by atoms with E-state index in [9.17, 15) is 27.9 Å². The molecule has 1 aromatic rings. The molecule has 4 atom stereocenters. The Bertz CT molecular complexity index is 874. The Morgan fingerprint density at radius 1 is 1.27 bits per heavy atom. The lowest BCUT2D eigenvalue weighted by Gasteiger charge is -2.40. The summed E-state index contributed by atoms with van der Waals surface area (Å²) >= 11 is 0. The Hall–Kier alpha value is -2.37. The lowest BCUT2D eigenvalue weighted by Crippen LogP contribution is -2.48. The summed E-state index contributed by atoms with van der Waals surface area (Å²) in [4.78, 5) is 25.0. The highest BCUT2D eigenvalue weighted by Gasteiger charge is 2.46. The molecule has 0 radical (unpaired) electrons. The van der Waals surface area contributed by atoms with E-state index in [1.165, 1.54) is 0 Å². The van der Waals surface area contributed by atoms with Crippen LogP contribution in [0.15, 0.2) is 18.2 Å². The summed E-state index contributed by atoms with van der Waals surface area (Å²) in [5.41, 5.74) is 1.34. The van der Waals surface area contributed by atoms with E-state index in [4.69, 9.17) is 14.2 Å². The van der Waals surface area contributed by atoms with E-state index in [1.807, 2.05) is 11.4 Å². The maximum absolute atomic E-state index is 12.9. The van der Waals surface area contributed by atoms with Gasteiger partial charge in [0.1, 0.15) is 18.4 Å². The highest BCUT2D eigenvalue weighted by atomic mass is 19.4. The van der Waals surface area contributed by atoms with Crippen molar-refractivity contribution in [3.8, 4) is 5.75 Å². The van der Waals surface area contributed by atoms with Crippen LogP contribution >= 0.6 is 0 Å². The molecule has 4 rings (SSSR count). The lowest BCUT2D eigenvalue weighted by atomic mass is 9.76. The van der Waals surface area contributed by atoms with Crippen LogP contribution < -0.4 is 15.4 Å². The van der Waals surface area contributed by atoms with Gasteiger partial charge < -0.3 is 30.0 Å². The lowest BCUT2D eigenvalue weighted by molar-refractivity contribution is -0.152. The summed E-state index contributed by atoms with van der Waals surface area (Å²) in [7, 11) is 0. The number of nitrogens with one attached hydrogen (secondary N) is 2. The van der Waals surface area contributed by atoms with Crippen molar-refractivity contribution >= 4 is 17.5 Å². The molecule has 3 heterocycles. The monoisotopic (exact) mass is 472 g/mol. The van der Waals surface area contributed by atoms with Gasteiger partial charge in [-0.05, 0) is 24.6 Å². The standard InChI is InChI=1S/C22H27F3N2O6/c23-22(24,25)11-26-19(29)9-14-8-16-15-7-12(27-21(30)20(16)18(10-28)33-14)1-2-17(15)32-13-3-5-31-6-4-13/h1-2,7,13-14,16,18,20,28H,3-6,8-11H2,(H,26,29)(H,27,30)/t14-,16-,18+,20+/m1/s1. The predicted molar refractivity (Wildman–Crippen MR) is 110 cm³/mol. The molecule has 11 heteroatoms. The maximum Gasteiger partial charge on any atom is 0.405 e. The highest BCUT2D eigenvalue weighted by molar-refractivity contribution is 5.95. The predicted octanol–water partition coefficient (Wildman–Crippen LogP) is 2.11. The van der Waals surface area contributed by atoms with Crippen LogP contribution in [0.2, 0.25) is 0 Å². The number of aliphatic hydroxyl groups is 1. The first kappa shape index (κ1) is 23.8. The number of carbonyl (C=O) groups excluding carboxylic acids is 2. The van der Waals surface area contributed by atoms with Crippen molar-refractivity contribution in [1.82, 2.24) is 5.32 Å². The molecule has 3 N–H and O–H groups in total. The van der Waals surface area contributed by atoms with E-state index in [0.29, 0.717) is 24.7 Å². The third-order valence-corrected chi connectivity index (χ3v) is 6.24. The van der Waals surface area contributed by atoms with Crippen LogP contribution in [-0.2, 0) is 19.1 Å². The van der Waals surface area contributed by atoms with E-state index in [0.717, 1.165) is 18.4 Å². The van der Waals surface area contributed by atoms with Crippen LogP contribution in [0, 0.1) is 5.92 Å². The van der Waals surface area contributed by atoms with Gasteiger partial charge in [0.25, 0.3) is 0 Å². The summed E-state index contributed by atoms with van der Waals surface area (Å²) in [6.07, 6.45) is -4.85. The second kappa shape index (κ2) is 9.86. The largest absolute Gasteiger partial charge is 0.490 e. The minimum absolute atomic E-state index is 0.0383. The van der Waals surface area contributed by atoms with Crippen LogP contribution in [0.5, 0.6) is 5.75 Å². The average Bonchev–Trinajstić information content (AvgIpc) is 2.88. The van der Waals surface area contributed by atoms with Gasteiger partial charge in [0.15, 0.2) is 0 Å². The Morgan fingerprint density at radius 2 is 2.03 bits per heavy atom. The fraction of sp³-hybridized carbons (Fsp3) is 0.636. The Balaban J connectivity index is 1.56. The van der Waals surface area contributed by atoms with Crippen molar-refractivity contribution < 1.29 is 42.1 Å². The smallest absolute Gasteiger partial charge is 0.405 e. The van der Waals surface area contributed by atoms with Gasteiger partial charge in [0.2, 0.25) is 11.8 Å². The number of alkyl halides is 3. The van der Waals surface area contributed by atoms with Crippen LogP contribution in [0.3, 0.4) is 0 Å². The number of aliphatic hydroxyl groups excluding tert-OH is 1. The summed E-state index contributed by atoms with van der Waals surface area (Å²) in [5, 5.41) is 14.6. The molecule has 182 valence electrons. The van der Waals surface area contributed by atoms with Gasteiger partial charge in [-0.2, -0.15) is 13.2 Å². The summed E-state index contributed by atoms with van der Waals surface area (Å²) in [6.45, 7) is -0.706. The molecule has 0 aromatic heterocycles. The fourth-order valence-corrected chi connectivity index (χ4v) is 4.74. The highest BCUT2D eigenvalue weighted by Crippen LogP contribution is 2.46. The van der Waals surface area contributed by atoms with Crippen molar-refractivity contribution in [2.75, 3.05) is 31.7 Å². The molecule has 33 heavy (non-hydrogen) atoms. The number of ether oxygens (including phenoxy) is 3. The first-order valence-corrected chi connectivity index (χ1v) is 11.0. The SMILES string of the molecule is O=C(C[C@H]1C[C@@H]2c3cc(ccc3OC3CCOCC3)NC(=O)[C@@H]2[C@H](CO)O1)NCC(F)(F)F. The third-order valence-electron chi connectivity index (χ3n) is 6.24. The molecule has 0 spiro atoms. The molecule has 2 saturated heterocycles. The molecule has 8 nitrogen and oxygen atoms in total. The normalized spacial score (nSPS) is 27.8. The number of benzene rings is 1. The maximum atomic E-state index is 12.9. The van der Waals surface area contributed by atoms with Gasteiger partial charge in [0.05, 0.1) is 44.4 Å². The summed E-state index contributed by atoms with van der Waals surface area (Å²) < 4.78 is 54.7. The Kier molecular flexibility index (Phi) is 7.10. The van der Waals surface area contributed by atoms with Crippen molar-refractivity contribution in [1.29, 1.82) is 0 Å². The van der Waals surface area contributed by atoms with E-state index in [-0.39, 0.29) is 24.9 Å². The number of amides is 2. The Labute approximate surface area is 188 Å². The van der Waals surface area contributed by atoms with Crippen molar-refractivity contribution in [3.63, 3.8) is 0 Å². The quantitative estimate of drug-likeness (QED) is 0.586. The zero-order valence-electron chi connectivity index (χ0n) is 17.9. The van der Waals surface area contributed by atoms with Gasteiger partial charge in [-0.25, -0.2) is 0 Å². The number of hydrogen-bond acceptors (Lipinski definition) is 6. The number of fused-ring (bicyclic) bond motifs is 4. The van der Waals surface area contributed by atoms with Crippen LogP contribution in [0.1, 0.15) is 37.2 Å². The first-order valence-electron chi connectivity index (χ1n) is 11.0. The topological polar surface area (TPSA) is 106 Å². The number of halogens is 3.